The van der Waals surface area contributed by atoms with Crippen molar-refractivity contribution >= 4 is 12.1 Å². The number of nitrogens with zero attached hydrogens (tertiary/aromatic N) is 1. The highest BCUT2D eigenvalue weighted by Gasteiger charge is 2.42. The second kappa shape index (κ2) is 7.79. The molecule has 0 radical (unpaired) electrons. The summed E-state index contributed by atoms with van der Waals surface area (Å²) in [5.41, 5.74) is 7.31. The number of rotatable bonds is 5. The van der Waals surface area contributed by atoms with Gasteiger partial charge in [0, 0.05) is 23.9 Å². The lowest BCUT2D eigenvalue weighted by molar-refractivity contribution is 0.0943. The molecule has 0 saturated carbocycles. The molecular formula is C26H24N2O2. The number of hydrogen-bond acceptors (Lipinski definition) is 3. The highest BCUT2D eigenvalue weighted by molar-refractivity contribution is 5.95. The molecule has 3 aromatic carbocycles. The van der Waals surface area contributed by atoms with E-state index in [1.807, 2.05) is 24.3 Å². The zero-order valence-corrected chi connectivity index (χ0v) is 16.9. The number of carbonyl (C=O) groups excluding carboxylic acids is 1. The summed E-state index contributed by atoms with van der Waals surface area (Å²) in [6.45, 7) is 0.676. The Bertz CT molecular complexity index is 1060. The topological polar surface area (TPSA) is 50.7 Å². The third-order valence-electron chi connectivity index (χ3n) is 6.43. The van der Waals surface area contributed by atoms with E-state index in [1.54, 1.807) is 6.21 Å². The number of carbonyl (C=O) groups is 1. The largest absolute Gasteiger partial charge is 0.399 e. The number of oxime groups is 1. The summed E-state index contributed by atoms with van der Waals surface area (Å²) in [7, 11) is 1.51. The average molecular weight is 396 g/mol. The van der Waals surface area contributed by atoms with Crippen LogP contribution in [-0.4, -0.2) is 25.8 Å². The molecule has 1 unspecified atom stereocenters. The first kappa shape index (κ1) is 18.6. The molecule has 4 heteroatoms. The minimum absolute atomic E-state index is 0.0340. The Morgan fingerprint density at radius 3 is 2.17 bits per heavy atom. The Morgan fingerprint density at radius 2 is 1.57 bits per heavy atom. The molecule has 4 nitrogen and oxygen atoms in total. The molecule has 0 fully saturated rings. The number of fused-ring (bicyclic) bond motifs is 1. The molecule has 3 aliphatic rings. The molecule has 30 heavy (non-hydrogen) atoms. The Morgan fingerprint density at radius 1 is 0.967 bits per heavy atom. The van der Waals surface area contributed by atoms with E-state index < -0.39 is 0 Å². The van der Waals surface area contributed by atoms with Gasteiger partial charge >= 0.3 is 0 Å². The quantitative estimate of drug-likeness (QED) is 0.502. The van der Waals surface area contributed by atoms with E-state index in [2.05, 4.69) is 59.0 Å². The molecule has 150 valence electrons. The molecule has 0 aliphatic heterocycles. The van der Waals surface area contributed by atoms with Gasteiger partial charge in [-0.05, 0) is 52.3 Å². The van der Waals surface area contributed by atoms with Gasteiger partial charge in [-0.25, -0.2) is 0 Å². The second-order valence-electron chi connectivity index (χ2n) is 8.03. The maximum atomic E-state index is 12.7. The molecule has 1 amide bonds. The lowest BCUT2D eigenvalue weighted by Gasteiger charge is -2.45. The van der Waals surface area contributed by atoms with Crippen molar-refractivity contribution < 1.29 is 9.63 Å². The van der Waals surface area contributed by atoms with Gasteiger partial charge in [-0.2, -0.15) is 0 Å². The first-order valence-corrected chi connectivity index (χ1v) is 10.4. The van der Waals surface area contributed by atoms with Gasteiger partial charge in [0.2, 0.25) is 0 Å². The van der Waals surface area contributed by atoms with Crippen molar-refractivity contribution in [3.05, 3.63) is 106 Å². The zero-order valence-electron chi connectivity index (χ0n) is 16.9. The molecule has 6 rings (SSSR count). The fourth-order valence-electron chi connectivity index (χ4n) is 5.12. The lowest BCUT2D eigenvalue weighted by atomic mass is 9.59. The van der Waals surface area contributed by atoms with Gasteiger partial charge < -0.3 is 10.2 Å². The predicted molar refractivity (Wildman–Crippen MR) is 118 cm³/mol. The van der Waals surface area contributed by atoms with Crippen LogP contribution in [0.25, 0.3) is 0 Å². The summed E-state index contributed by atoms with van der Waals surface area (Å²) in [5.74, 6) is 1.13. The molecule has 3 aliphatic carbocycles. The molecule has 0 saturated heterocycles. The Labute approximate surface area is 176 Å². The Balaban J connectivity index is 1.34. The number of hydrogen-bond donors (Lipinski definition) is 1. The van der Waals surface area contributed by atoms with Crippen molar-refractivity contribution in [1.29, 1.82) is 0 Å². The summed E-state index contributed by atoms with van der Waals surface area (Å²) in [6, 6.07) is 25.0. The SMILES string of the molecule is CO/N=C/c1ccc(C(=O)NCC2CC3c4ccccc4C2c2ccccc23)cc1. The highest BCUT2D eigenvalue weighted by Crippen LogP contribution is 2.55. The molecule has 2 bridgehead atoms. The smallest absolute Gasteiger partial charge is 0.251 e. The third-order valence-corrected chi connectivity index (χ3v) is 6.43. The minimum Gasteiger partial charge on any atom is -0.399 e. The lowest BCUT2D eigenvalue weighted by Crippen LogP contribution is -2.39. The van der Waals surface area contributed by atoms with Gasteiger partial charge in [0.25, 0.3) is 5.91 Å². The first-order valence-electron chi connectivity index (χ1n) is 10.4. The van der Waals surface area contributed by atoms with Crippen molar-refractivity contribution in [2.75, 3.05) is 13.7 Å². The molecule has 0 aromatic heterocycles. The van der Waals surface area contributed by atoms with Gasteiger partial charge in [0.1, 0.15) is 7.11 Å². The number of benzene rings is 3. The number of amides is 1. The molecule has 0 spiro atoms. The maximum absolute atomic E-state index is 12.7. The molecular weight excluding hydrogens is 372 g/mol. The predicted octanol–water partition coefficient (Wildman–Crippen LogP) is 4.69. The van der Waals surface area contributed by atoms with Crippen LogP contribution in [0.15, 0.2) is 78.0 Å². The van der Waals surface area contributed by atoms with E-state index in [0.29, 0.717) is 29.9 Å². The van der Waals surface area contributed by atoms with Crippen LogP contribution in [0.5, 0.6) is 0 Å². The summed E-state index contributed by atoms with van der Waals surface area (Å²) in [4.78, 5) is 17.4. The van der Waals surface area contributed by atoms with E-state index in [0.717, 1.165) is 12.0 Å². The molecule has 0 heterocycles. The van der Waals surface area contributed by atoms with Gasteiger partial charge in [0.15, 0.2) is 0 Å². The Kier molecular flexibility index (Phi) is 4.83. The van der Waals surface area contributed by atoms with Crippen molar-refractivity contribution in [2.45, 2.75) is 18.3 Å². The van der Waals surface area contributed by atoms with Gasteiger partial charge in [-0.3, -0.25) is 4.79 Å². The molecule has 1 atom stereocenters. The summed E-state index contributed by atoms with van der Waals surface area (Å²) >= 11 is 0. The normalized spacial score (nSPS) is 21.2. The van der Waals surface area contributed by atoms with Crippen LogP contribution in [-0.2, 0) is 4.84 Å². The van der Waals surface area contributed by atoms with Crippen LogP contribution in [0.2, 0.25) is 0 Å². The van der Waals surface area contributed by atoms with Crippen LogP contribution < -0.4 is 5.32 Å². The minimum atomic E-state index is -0.0340. The van der Waals surface area contributed by atoms with Crippen LogP contribution in [0.1, 0.15) is 56.4 Å². The molecule has 1 N–H and O–H groups in total. The van der Waals surface area contributed by atoms with E-state index in [9.17, 15) is 4.79 Å². The van der Waals surface area contributed by atoms with E-state index in [-0.39, 0.29) is 5.91 Å². The van der Waals surface area contributed by atoms with Crippen LogP contribution in [0.4, 0.5) is 0 Å². The van der Waals surface area contributed by atoms with Crippen molar-refractivity contribution in [3.63, 3.8) is 0 Å². The van der Waals surface area contributed by atoms with Crippen molar-refractivity contribution in [1.82, 2.24) is 5.32 Å². The van der Waals surface area contributed by atoms with Crippen LogP contribution in [0.3, 0.4) is 0 Å². The summed E-state index contributed by atoms with van der Waals surface area (Å²) < 4.78 is 0. The maximum Gasteiger partial charge on any atom is 0.251 e. The van der Waals surface area contributed by atoms with Gasteiger partial charge in [-0.15, -0.1) is 0 Å². The monoisotopic (exact) mass is 396 g/mol. The van der Waals surface area contributed by atoms with Crippen LogP contribution in [0, 0.1) is 5.92 Å². The summed E-state index contributed by atoms with van der Waals surface area (Å²) in [6.07, 6.45) is 2.70. The summed E-state index contributed by atoms with van der Waals surface area (Å²) in [5, 5.41) is 6.93. The van der Waals surface area contributed by atoms with E-state index in [4.69, 9.17) is 4.84 Å². The highest BCUT2D eigenvalue weighted by atomic mass is 16.6. The fourth-order valence-corrected chi connectivity index (χ4v) is 5.12. The van der Waals surface area contributed by atoms with Crippen molar-refractivity contribution in [3.8, 4) is 0 Å². The van der Waals surface area contributed by atoms with E-state index >= 15 is 0 Å². The first-order chi connectivity index (χ1) is 14.8. The Hall–Kier alpha value is -3.40. The standard InChI is InChI=1S/C26H24N2O2/c1-30-28-15-17-10-12-18(13-11-17)26(29)27-16-19-14-24-20-6-2-4-8-22(20)25(19)23-9-5-3-7-21(23)24/h2-13,15,19,24-25H,14,16H2,1H3,(H,27,29)/b28-15+. The second-order valence-corrected chi connectivity index (χ2v) is 8.03. The van der Waals surface area contributed by atoms with Crippen molar-refractivity contribution in [2.24, 2.45) is 11.1 Å². The molecule has 3 aromatic rings. The average Bonchev–Trinajstić information content (AvgIpc) is 2.81. The zero-order chi connectivity index (χ0) is 20.5. The van der Waals surface area contributed by atoms with E-state index in [1.165, 1.54) is 29.4 Å². The van der Waals surface area contributed by atoms with Gasteiger partial charge in [0.05, 0.1) is 6.21 Å². The number of nitrogens with one attached hydrogen (secondary N) is 1. The third kappa shape index (κ3) is 3.18. The fraction of sp³-hybridized carbons (Fsp3) is 0.231. The van der Waals surface area contributed by atoms with Gasteiger partial charge in [-0.1, -0.05) is 65.8 Å². The van der Waals surface area contributed by atoms with Crippen LogP contribution >= 0.6 is 0 Å².